The van der Waals surface area contributed by atoms with Gasteiger partial charge in [0.05, 0.1) is 0 Å². The molecule has 0 spiro atoms. The second-order valence-corrected chi connectivity index (χ2v) is 5.36. The molecule has 1 aliphatic rings. The highest BCUT2D eigenvalue weighted by Crippen LogP contribution is 2.17. The lowest BCUT2D eigenvalue weighted by Crippen LogP contribution is -2.47. The maximum Gasteiger partial charge on any atom is 0.128 e. The first-order valence-corrected chi connectivity index (χ1v) is 7.07. The predicted octanol–water partition coefficient (Wildman–Crippen LogP) is 2.42. The molecular formula is C16H20N4. The number of rotatable bonds is 2. The Labute approximate surface area is 120 Å². The van der Waals surface area contributed by atoms with Crippen LogP contribution in [0.1, 0.15) is 11.1 Å². The molecule has 0 unspecified atom stereocenters. The van der Waals surface area contributed by atoms with Crippen LogP contribution in [0.25, 0.3) is 0 Å². The molecule has 1 saturated heterocycles. The smallest absolute Gasteiger partial charge is 0.128 e. The molecule has 2 aromatic heterocycles. The number of aromatic nitrogens is 2. The molecule has 3 rings (SSSR count). The molecule has 0 aliphatic carbocycles. The van der Waals surface area contributed by atoms with E-state index in [1.54, 1.807) is 0 Å². The lowest BCUT2D eigenvalue weighted by atomic mass is 10.2. The molecule has 3 heterocycles. The molecule has 1 aliphatic heterocycles. The number of piperazine rings is 1. The van der Waals surface area contributed by atoms with E-state index in [9.17, 15) is 0 Å². The number of hydrogen-bond donors (Lipinski definition) is 0. The van der Waals surface area contributed by atoms with Crippen LogP contribution in [-0.4, -0.2) is 36.1 Å². The third-order valence-corrected chi connectivity index (χ3v) is 3.72. The van der Waals surface area contributed by atoms with E-state index in [4.69, 9.17) is 0 Å². The van der Waals surface area contributed by atoms with Gasteiger partial charge >= 0.3 is 0 Å². The monoisotopic (exact) mass is 268 g/mol. The summed E-state index contributed by atoms with van der Waals surface area (Å²) >= 11 is 0. The summed E-state index contributed by atoms with van der Waals surface area (Å²) in [6.45, 7) is 8.10. The molecule has 104 valence electrons. The van der Waals surface area contributed by atoms with Crippen LogP contribution in [0.5, 0.6) is 0 Å². The van der Waals surface area contributed by atoms with Crippen LogP contribution in [0, 0.1) is 13.8 Å². The van der Waals surface area contributed by atoms with Crippen LogP contribution in [0.4, 0.5) is 11.6 Å². The van der Waals surface area contributed by atoms with Gasteiger partial charge in [0, 0.05) is 38.6 Å². The maximum absolute atomic E-state index is 4.50. The minimum absolute atomic E-state index is 0.992. The van der Waals surface area contributed by atoms with Crippen molar-refractivity contribution in [1.82, 2.24) is 9.97 Å². The Bertz CT molecular complexity index is 501. The minimum atomic E-state index is 0.992. The van der Waals surface area contributed by atoms with Crippen LogP contribution in [-0.2, 0) is 0 Å². The van der Waals surface area contributed by atoms with Crippen LogP contribution in [0.15, 0.2) is 36.7 Å². The third kappa shape index (κ3) is 2.74. The third-order valence-electron chi connectivity index (χ3n) is 3.72. The van der Waals surface area contributed by atoms with Gasteiger partial charge < -0.3 is 9.80 Å². The van der Waals surface area contributed by atoms with Crippen molar-refractivity contribution in [2.24, 2.45) is 0 Å². The molecule has 2 aromatic rings. The second kappa shape index (κ2) is 5.49. The van der Waals surface area contributed by atoms with Crippen molar-refractivity contribution in [2.45, 2.75) is 13.8 Å². The van der Waals surface area contributed by atoms with Gasteiger partial charge in [0.25, 0.3) is 0 Å². The predicted molar refractivity (Wildman–Crippen MR) is 82.4 cm³/mol. The summed E-state index contributed by atoms with van der Waals surface area (Å²) in [6, 6.07) is 8.46. The Morgan fingerprint density at radius 2 is 1.10 bits per heavy atom. The maximum atomic E-state index is 4.50. The van der Waals surface area contributed by atoms with E-state index < -0.39 is 0 Å². The van der Waals surface area contributed by atoms with Crippen molar-refractivity contribution in [2.75, 3.05) is 36.0 Å². The first-order chi connectivity index (χ1) is 9.72. The second-order valence-electron chi connectivity index (χ2n) is 5.36. The van der Waals surface area contributed by atoms with Gasteiger partial charge in [0.2, 0.25) is 0 Å². The van der Waals surface area contributed by atoms with E-state index in [2.05, 4.69) is 57.9 Å². The van der Waals surface area contributed by atoms with Gasteiger partial charge in [-0.15, -0.1) is 0 Å². The van der Waals surface area contributed by atoms with Gasteiger partial charge in [-0.25, -0.2) is 9.97 Å². The fourth-order valence-corrected chi connectivity index (χ4v) is 2.46. The summed E-state index contributed by atoms with van der Waals surface area (Å²) < 4.78 is 0. The Hall–Kier alpha value is -2.10. The molecule has 0 saturated carbocycles. The average Bonchev–Trinajstić information content (AvgIpc) is 2.49. The highest BCUT2D eigenvalue weighted by Gasteiger charge is 2.18. The first kappa shape index (κ1) is 12.9. The standard InChI is InChI=1S/C16H20N4/c1-13-3-5-15(17-11-13)19-7-9-20(10-8-19)16-6-4-14(2)12-18-16/h3-6,11-12H,7-10H2,1-2H3. The molecular weight excluding hydrogens is 248 g/mol. The number of pyridine rings is 2. The van der Waals surface area contributed by atoms with Gasteiger partial charge in [-0.3, -0.25) is 0 Å². The minimum Gasteiger partial charge on any atom is -0.353 e. The van der Waals surface area contributed by atoms with Crippen LogP contribution >= 0.6 is 0 Å². The van der Waals surface area contributed by atoms with Crippen molar-refractivity contribution in [1.29, 1.82) is 0 Å². The molecule has 20 heavy (non-hydrogen) atoms. The Kier molecular flexibility index (Phi) is 3.54. The summed E-state index contributed by atoms with van der Waals surface area (Å²) in [7, 11) is 0. The fraction of sp³-hybridized carbons (Fsp3) is 0.375. The van der Waals surface area contributed by atoms with Crippen molar-refractivity contribution >= 4 is 11.6 Å². The number of hydrogen-bond acceptors (Lipinski definition) is 4. The van der Waals surface area contributed by atoms with Crippen molar-refractivity contribution in [3.63, 3.8) is 0 Å². The highest BCUT2D eigenvalue weighted by atomic mass is 15.3. The highest BCUT2D eigenvalue weighted by molar-refractivity contribution is 5.45. The van der Waals surface area contributed by atoms with Gasteiger partial charge in [-0.05, 0) is 37.1 Å². The number of nitrogens with zero attached hydrogens (tertiary/aromatic N) is 4. The first-order valence-electron chi connectivity index (χ1n) is 7.07. The number of anilines is 2. The van der Waals surface area contributed by atoms with Gasteiger partial charge in [0.15, 0.2) is 0 Å². The molecule has 0 bridgehead atoms. The Balaban J connectivity index is 1.64. The van der Waals surface area contributed by atoms with Crippen LogP contribution in [0.2, 0.25) is 0 Å². The molecule has 4 heteroatoms. The zero-order valence-corrected chi connectivity index (χ0v) is 12.1. The van der Waals surface area contributed by atoms with Gasteiger partial charge in [-0.2, -0.15) is 0 Å². The van der Waals surface area contributed by atoms with Crippen molar-refractivity contribution < 1.29 is 0 Å². The average molecular weight is 268 g/mol. The van der Waals surface area contributed by atoms with Gasteiger partial charge in [0.1, 0.15) is 11.6 Å². The Morgan fingerprint density at radius 3 is 1.40 bits per heavy atom. The topological polar surface area (TPSA) is 32.3 Å². The summed E-state index contributed by atoms with van der Waals surface area (Å²) in [5, 5.41) is 0. The van der Waals surface area contributed by atoms with E-state index in [1.807, 2.05) is 12.4 Å². The zero-order valence-electron chi connectivity index (χ0n) is 12.1. The van der Waals surface area contributed by atoms with E-state index >= 15 is 0 Å². The van der Waals surface area contributed by atoms with E-state index in [-0.39, 0.29) is 0 Å². The summed E-state index contributed by atoms with van der Waals surface area (Å²) in [5.74, 6) is 2.15. The fourth-order valence-electron chi connectivity index (χ4n) is 2.46. The van der Waals surface area contributed by atoms with E-state index in [0.29, 0.717) is 0 Å². The zero-order chi connectivity index (χ0) is 13.9. The van der Waals surface area contributed by atoms with Crippen LogP contribution in [0.3, 0.4) is 0 Å². The molecule has 0 aromatic carbocycles. The molecule has 0 atom stereocenters. The SMILES string of the molecule is Cc1ccc(N2CCN(c3ccc(C)cn3)CC2)nc1. The largest absolute Gasteiger partial charge is 0.353 e. The van der Waals surface area contributed by atoms with Crippen molar-refractivity contribution in [3.05, 3.63) is 47.8 Å². The summed E-state index contributed by atoms with van der Waals surface area (Å²) in [4.78, 5) is 13.7. The van der Waals surface area contributed by atoms with Gasteiger partial charge in [-0.1, -0.05) is 12.1 Å². The quantitative estimate of drug-likeness (QED) is 0.837. The van der Waals surface area contributed by atoms with Crippen LogP contribution < -0.4 is 9.80 Å². The lowest BCUT2D eigenvalue weighted by molar-refractivity contribution is 0.641. The molecule has 0 amide bonds. The van der Waals surface area contributed by atoms with E-state index in [1.165, 1.54) is 11.1 Å². The Morgan fingerprint density at radius 1 is 0.700 bits per heavy atom. The molecule has 1 fully saturated rings. The number of aryl methyl sites for hydroxylation is 2. The van der Waals surface area contributed by atoms with E-state index in [0.717, 1.165) is 37.8 Å². The summed E-state index contributed by atoms with van der Waals surface area (Å²) in [6.07, 6.45) is 3.87. The molecule has 4 nitrogen and oxygen atoms in total. The summed E-state index contributed by atoms with van der Waals surface area (Å²) in [5.41, 5.74) is 2.41. The lowest BCUT2D eigenvalue weighted by Gasteiger charge is -2.36. The normalized spacial score (nSPS) is 15.5. The molecule has 0 radical (unpaired) electrons. The molecule has 0 N–H and O–H groups in total. The van der Waals surface area contributed by atoms with Crippen molar-refractivity contribution in [3.8, 4) is 0 Å².